The lowest BCUT2D eigenvalue weighted by atomic mass is 9.86. The van der Waals surface area contributed by atoms with E-state index in [1.165, 1.54) is 0 Å². The predicted octanol–water partition coefficient (Wildman–Crippen LogP) is 3.36. The number of carbonyl (C=O) groups is 4. The van der Waals surface area contributed by atoms with Crippen LogP contribution in [0, 0.1) is 24.7 Å². The molecule has 4 rings (SSSR count). The number of rotatable bonds is 13. The zero-order valence-corrected chi connectivity index (χ0v) is 27.3. The van der Waals surface area contributed by atoms with Gasteiger partial charge in [0.05, 0.1) is 6.61 Å². The largest absolute Gasteiger partial charge is 0.481 e. The van der Waals surface area contributed by atoms with Gasteiger partial charge in [-0.3, -0.25) is 19.2 Å². The first-order chi connectivity index (χ1) is 21.3. The Bertz CT molecular complexity index is 1520. The number of thiol groups is 1. The lowest BCUT2D eigenvalue weighted by molar-refractivity contribution is -0.138. The second kappa shape index (κ2) is 14.1. The van der Waals surface area contributed by atoms with Crippen molar-refractivity contribution >= 4 is 42.5 Å². The third-order valence-electron chi connectivity index (χ3n) is 9.43. The highest BCUT2D eigenvalue weighted by Crippen LogP contribution is 2.37. The molecule has 4 heterocycles. The van der Waals surface area contributed by atoms with Gasteiger partial charge in [-0.1, -0.05) is 20.8 Å². The number of amides is 2. The molecule has 0 radical (unpaired) electrons. The maximum atomic E-state index is 12.6. The number of aromatic amines is 1. The second-order valence-corrected chi connectivity index (χ2v) is 13.0. The fourth-order valence-electron chi connectivity index (χ4n) is 6.94. The van der Waals surface area contributed by atoms with Crippen LogP contribution in [0.3, 0.4) is 0 Å². The van der Waals surface area contributed by atoms with Crippen LogP contribution in [-0.2, 0) is 32.0 Å². The molecule has 1 aromatic rings. The van der Waals surface area contributed by atoms with Crippen LogP contribution in [0.5, 0.6) is 0 Å². The standard InChI is InChI=1S/C33H44N4O7S/c1-6-19-15(2)24(36-33(19)44)11-27-22(14-38)21(8-10-30(41)42)26(35-27)13-25-20(7-9-29(39)40)16(3)23(34-25)12-28-31(18(5)45)17(4)32(43)37-28/h11,13,17-18,21,28,31,34-35,38,45H,6-10,12,14H2,1-5H3,(H,36,44)(H,37,43)(H,39,40)(H,41,42)/b24-11-,26-13-/t17-,18-,21?,28?,31+/m1/s1. The summed E-state index contributed by atoms with van der Waals surface area (Å²) in [5, 5.41) is 38.8. The van der Waals surface area contributed by atoms with Crippen LogP contribution >= 0.6 is 12.6 Å². The maximum Gasteiger partial charge on any atom is 0.303 e. The summed E-state index contributed by atoms with van der Waals surface area (Å²) in [7, 11) is 0. The number of allylic oxidation sites excluding steroid dienone is 3. The van der Waals surface area contributed by atoms with E-state index in [2.05, 4.69) is 33.6 Å². The molecule has 1 fully saturated rings. The number of carboxylic acids is 2. The van der Waals surface area contributed by atoms with Crippen LogP contribution < -0.4 is 16.0 Å². The van der Waals surface area contributed by atoms with E-state index in [1.807, 2.05) is 40.7 Å². The minimum Gasteiger partial charge on any atom is -0.481 e. The highest BCUT2D eigenvalue weighted by Gasteiger charge is 2.42. The Hall–Kier alpha value is -3.77. The van der Waals surface area contributed by atoms with Gasteiger partial charge in [0.1, 0.15) is 0 Å². The fraction of sp³-hybridized carbons (Fsp3) is 0.515. The van der Waals surface area contributed by atoms with Crippen molar-refractivity contribution in [2.75, 3.05) is 6.61 Å². The molecule has 0 aromatic carbocycles. The quantitative estimate of drug-likeness (QED) is 0.151. The van der Waals surface area contributed by atoms with Gasteiger partial charge in [0.25, 0.3) is 5.91 Å². The number of aliphatic hydroxyl groups is 1. The Balaban J connectivity index is 1.76. The smallest absolute Gasteiger partial charge is 0.303 e. The van der Waals surface area contributed by atoms with E-state index in [1.54, 1.807) is 6.08 Å². The van der Waals surface area contributed by atoms with E-state index in [0.29, 0.717) is 46.8 Å². The molecule has 1 aromatic heterocycles. The third-order valence-corrected chi connectivity index (χ3v) is 9.77. The van der Waals surface area contributed by atoms with Gasteiger partial charge in [-0.15, -0.1) is 0 Å². The van der Waals surface area contributed by atoms with Crippen LogP contribution in [0.15, 0.2) is 39.9 Å². The Morgan fingerprint density at radius 1 is 1.07 bits per heavy atom. The first-order valence-corrected chi connectivity index (χ1v) is 16.0. The molecule has 0 saturated carbocycles. The van der Waals surface area contributed by atoms with Crippen molar-refractivity contribution in [1.82, 2.24) is 20.9 Å². The molecule has 3 aliphatic rings. The molecule has 45 heavy (non-hydrogen) atoms. The summed E-state index contributed by atoms with van der Waals surface area (Å²) in [5.41, 5.74) is 7.23. The van der Waals surface area contributed by atoms with E-state index in [9.17, 15) is 34.5 Å². The van der Waals surface area contributed by atoms with Crippen molar-refractivity contribution in [3.63, 3.8) is 0 Å². The molecular weight excluding hydrogens is 596 g/mol. The van der Waals surface area contributed by atoms with Gasteiger partial charge in [-0.25, -0.2) is 0 Å². The molecule has 2 amide bonds. The summed E-state index contributed by atoms with van der Waals surface area (Å²) in [6, 6.07) is -0.148. The van der Waals surface area contributed by atoms with E-state index in [0.717, 1.165) is 22.4 Å². The van der Waals surface area contributed by atoms with Crippen molar-refractivity contribution in [1.29, 1.82) is 0 Å². The molecule has 2 unspecified atom stereocenters. The highest BCUT2D eigenvalue weighted by molar-refractivity contribution is 7.80. The Morgan fingerprint density at radius 2 is 1.76 bits per heavy atom. The topological polar surface area (TPSA) is 181 Å². The minimum atomic E-state index is -0.964. The van der Waals surface area contributed by atoms with E-state index in [-0.39, 0.29) is 67.2 Å². The molecule has 12 heteroatoms. The normalized spacial score (nSPS) is 25.8. The summed E-state index contributed by atoms with van der Waals surface area (Å²) in [6.07, 6.45) is 5.01. The van der Waals surface area contributed by atoms with Gasteiger partial charge < -0.3 is 36.3 Å². The molecule has 244 valence electrons. The number of aromatic nitrogens is 1. The first-order valence-electron chi connectivity index (χ1n) is 15.4. The summed E-state index contributed by atoms with van der Waals surface area (Å²) in [4.78, 5) is 51.6. The van der Waals surface area contributed by atoms with Crippen LogP contribution in [0.1, 0.15) is 75.9 Å². The number of carboxylic acid groups (broad SMARTS) is 2. The van der Waals surface area contributed by atoms with Crippen LogP contribution in [0.2, 0.25) is 0 Å². The molecule has 11 nitrogen and oxygen atoms in total. The number of hydrogen-bond donors (Lipinski definition) is 8. The zero-order chi connectivity index (χ0) is 33.2. The number of aliphatic carboxylic acids is 2. The Labute approximate surface area is 268 Å². The van der Waals surface area contributed by atoms with Crippen LogP contribution in [0.4, 0.5) is 0 Å². The first kappa shape index (κ1) is 34.1. The highest BCUT2D eigenvalue weighted by atomic mass is 32.1. The zero-order valence-electron chi connectivity index (χ0n) is 26.4. The number of aliphatic hydroxyl groups excluding tert-OH is 1. The summed E-state index contributed by atoms with van der Waals surface area (Å²) in [5.74, 6) is -2.69. The molecule has 0 aliphatic carbocycles. The van der Waals surface area contributed by atoms with E-state index >= 15 is 0 Å². The summed E-state index contributed by atoms with van der Waals surface area (Å²) < 4.78 is 0. The van der Waals surface area contributed by atoms with E-state index in [4.69, 9.17) is 0 Å². The van der Waals surface area contributed by atoms with E-state index < -0.39 is 17.9 Å². The average molecular weight is 641 g/mol. The fourth-order valence-corrected chi connectivity index (χ4v) is 7.41. The summed E-state index contributed by atoms with van der Waals surface area (Å²) in [6.45, 7) is 9.26. The van der Waals surface area contributed by atoms with Gasteiger partial charge >= 0.3 is 11.9 Å². The van der Waals surface area contributed by atoms with Crippen molar-refractivity contribution in [2.24, 2.45) is 17.8 Å². The van der Waals surface area contributed by atoms with Crippen molar-refractivity contribution in [2.45, 2.75) is 84.4 Å². The monoisotopic (exact) mass is 640 g/mol. The van der Waals surface area contributed by atoms with Crippen molar-refractivity contribution in [3.8, 4) is 0 Å². The Kier molecular flexibility index (Phi) is 10.7. The lowest BCUT2D eigenvalue weighted by Gasteiger charge is -2.24. The van der Waals surface area contributed by atoms with Gasteiger partial charge in [0.15, 0.2) is 0 Å². The SMILES string of the molecule is CCC1=C(C)/C(=C/C2=C(CO)C(CCC(=O)O)/C(=C/c3[nH]c(CC4NC(=O)[C@H](C)[C@H]4[C@@H](C)S)c(C)c3CCC(=O)O)N2)NC1=O. The predicted molar refractivity (Wildman–Crippen MR) is 173 cm³/mol. The van der Waals surface area contributed by atoms with Gasteiger partial charge in [0.2, 0.25) is 5.91 Å². The summed E-state index contributed by atoms with van der Waals surface area (Å²) >= 11 is 4.65. The number of H-pyrrole nitrogens is 1. The van der Waals surface area contributed by atoms with Gasteiger partial charge in [-0.2, -0.15) is 12.6 Å². The van der Waals surface area contributed by atoms with Crippen LogP contribution in [-0.4, -0.2) is 62.0 Å². The second-order valence-electron chi connectivity index (χ2n) is 12.2. The van der Waals surface area contributed by atoms with Crippen molar-refractivity contribution < 1.29 is 34.5 Å². The minimum absolute atomic E-state index is 0.0124. The number of hydrogen-bond acceptors (Lipinski definition) is 7. The number of carbonyl (C=O) groups excluding carboxylic acids is 2. The number of nitrogens with one attached hydrogen (secondary N) is 4. The maximum absolute atomic E-state index is 12.6. The molecule has 0 spiro atoms. The molecule has 7 N–H and O–H groups in total. The molecule has 0 bridgehead atoms. The average Bonchev–Trinajstić information content (AvgIpc) is 3.63. The third kappa shape index (κ3) is 7.22. The molecule has 1 saturated heterocycles. The Morgan fingerprint density at radius 3 is 2.33 bits per heavy atom. The van der Waals surface area contributed by atoms with Gasteiger partial charge in [-0.05, 0) is 67.5 Å². The van der Waals surface area contributed by atoms with Crippen LogP contribution in [0.25, 0.3) is 6.08 Å². The van der Waals surface area contributed by atoms with Crippen molar-refractivity contribution in [3.05, 3.63) is 62.4 Å². The van der Waals surface area contributed by atoms with Gasteiger partial charge in [0, 0.05) is 82.4 Å². The molecular formula is C33H44N4O7S. The lowest BCUT2D eigenvalue weighted by Crippen LogP contribution is -2.34. The molecule has 5 atom stereocenters. The molecule has 3 aliphatic heterocycles.